The normalized spacial score (nSPS) is 19.2. The third-order valence-corrected chi connectivity index (χ3v) is 9.71. The summed E-state index contributed by atoms with van der Waals surface area (Å²) in [6, 6.07) is 11.8. The van der Waals surface area contributed by atoms with Crippen molar-refractivity contribution >= 4 is 54.9 Å². The van der Waals surface area contributed by atoms with E-state index in [1.807, 2.05) is 30.3 Å². The van der Waals surface area contributed by atoms with E-state index >= 15 is 0 Å². The van der Waals surface area contributed by atoms with E-state index in [-0.39, 0.29) is 5.56 Å². The van der Waals surface area contributed by atoms with Crippen LogP contribution < -0.4 is 15.8 Å². The van der Waals surface area contributed by atoms with Gasteiger partial charge in [0.25, 0.3) is 5.56 Å². The summed E-state index contributed by atoms with van der Waals surface area (Å²) in [6.07, 6.45) is 3.54. The van der Waals surface area contributed by atoms with Gasteiger partial charge in [0.05, 0.1) is 28.5 Å². The van der Waals surface area contributed by atoms with E-state index in [9.17, 15) is 13.2 Å². The molecule has 0 spiro atoms. The molecule has 0 bridgehead atoms. The number of pyridine rings is 1. The molecular formula is C28H34ClN7O3S. The lowest BCUT2D eigenvalue weighted by atomic mass is 10.1. The highest BCUT2D eigenvalue weighted by atomic mass is 35.5. The van der Waals surface area contributed by atoms with Gasteiger partial charge in [0.2, 0.25) is 10.0 Å². The Morgan fingerprint density at radius 3 is 2.60 bits per heavy atom. The van der Waals surface area contributed by atoms with Crippen LogP contribution in [-0.2, 0) is 10.0 Å². The Labute approximate surface area is 238 Å². The second kappa shape index (κ2) is 10.7. The van der Waals surface area contributed by atoms with E-state index in [1.54, 1.807) is 6.07 Å². The molecule has 0 amide bonds. The van der Waals surface area contributed by atoms with Gasteiger partial charge in [0.1, 0.15) is 11.4 Å². The van der Waals surface area contributed by atoms with Gasteiger partial charge in [-0.1, -0.05) is 18.5 Å². The Morgan fingerprint density at radius 1 is 1.05 bits per heavy atom. The van der Waals surface area contributed by atoms with Gasteiger partial charge in [-0.15, -0.1) is 0 Å². The van der Waals surface area contributed by atoms with E-state index in [4.69, 9.17) is 16.6 Å². The first-order valence-corrected chi connectivity index (χ1v) is 16.0. The molecule has 4 aromatic rings. The molecule has 6 rings (SSSR count). The van der Waals surface area contributed by atoms with Gasteiger partial charge in [-0.2, -0.15) is 4.31 Å². The average Bonchev–Trinajstić information content (AvgIpc) is 3.57. The maximum atomic E-state index is 13.5. The number of imidazole rings is 1. The summed E-state index contributed by atoms with van der Waals surface area (Å²) in [7, 11) is -3.19. The number of halogens is 1. The van der Waals surface area contributed by atoms with Gasteiger partial charge in [0.15, 0.2) is 0 Å². The topological polar surface area (TPSA) is 117 Å². The molecule has 0 saturated carbocycles. The quantitative estimate of drug-likeness (QED) is 0.304. The van der Waals surface area contributed by atoms with Crippen LogP contribution in [0.3, 0.4) is 0 Å². The maximum absolute atomic E-state index is 13.5. The van der Waals surface area contributed by atoms with Gasteiger partial charge in [0, 0.05) is 54.9 Å². The fraction of sp³-hybridized carbons (Fsp3) is 0.429. The van der Waals surface area contributed by atoms with Gasteiger partial charge in [-0.05, 0) is 62.3 Å². The highest BCUT2D eigenvalue weighted by Crippen LogP contribution is 2.33. The van der Waals surface area contributed by atoms with Crippen LogP contribution in [0, 0.1) is 0 Å². The molecule has 10 nitrogen and oxygen atoms in total. The number of benzene rings is 2. The predicted octanol–water partition coefficient (Wildman–Crippen LogP) is 3.70. The number of aromatic amines is 2. The van der Waals surface area contributed by atoms with Gasteiger partial charge in [-0.25, -0.2) is 13.4 Å². The van der Waals surface area contributed by atoms with Crippen molar-refractivity contribution in [3.8, 4) is 11.4 Å². The number of nitrogens with one attached hydrogen (secondary N) is 3. The van der Waals surface area contributed by atoms with Crippen LogP contribution in [0.1, 0.15) is 19.8 Å². The zero-order chi connectivity index (χ0) is 28.0. The molecule has 0 unspecified atom stereocenters. The zero-order valence-electron chi connectivity index (χ0n) is 22.7. The Hall–Kier alpha value is -3.12. The second-order valence-corrected chi connectivity index (χ2v) is 13.1. The average molecular weight is 584 g/mol. The standard InChI is InChI=1S/C28H34ClN7O3S/c1-3-34-10-4-5-20(34)17-30-26-21-15-18(29)6-8-22(21)33-28(37)25(26)27-31-23-9-7-19(16-24(23)32-27)35-11-13-36(14-12-35)40(2,38)39/h6-9,15-16,20H,3-5,10-14,17H2,1-2H3,(H,31,32)(H2,30,33,37)/t20-/m0/s1. The fourth-order valence-electron chi connectivity index (χ4n) is 6.03. The largest absolute Gasteiger partial charge is 0.382 e. The Kier molecular flexibility index (Phi) is 7.24. The summed E-state index contributed by atoms with van der Waals surface area (Å²) in [5.41, 5.74) is 4.20. The number of hydrogen-bond acceptors (Lipinski definition) is 7. The van der Waals surface area contributed by atoms with Crippen molar-refractivity contribution in [3.63, 3.8) is 0 Å². The van der Waals surface area contributed by atoms with Crippen molar-refractivity contribution in [3.05, 3.63) is 51.8 Å². The number of fused-ring (bicyclic) bond motifs is 2. The van der Waals surface area contributed by atoms with Crippen LogP contribution in [0.4, 0.5) is 11.4 Å². The zero-order valence-corrected chi connectivity index (χ0v) is 24.3. The molecule has 2 fully saturated rings. The predicted molar refractivity (Wildman–Crippen MR) is 162 cm³/mol. The SMILES string of the molecule is CCN1CCC[C@H]1CNc1c(-c2nc3ccc(N4CCN(S(C)(=O)=O)CC4)cc3[nH]2)c(=O)[nH]c2ccc(Cl)cc12. The molecule has 3 N–H and O–H groups in total. The number of piperazine rings is 1. The molecule has 2 saturated heterocycles. The molecule has 4 heterocycles. The molecule has 212 valence electrons. The third kappa shape index (κ3) is 5.18. The monoisotopic (exact) mass is 583 g/mol. The first kappa shape index (κ1) is 27.1. The molecule has 2 aliphatic rings. The number of nitrogens with zero attached hydrogens (tertiary/aromatic N) is 4. The molecule has 1 atom stereocenters. The van der Waals surface area contributed by atoms with Crippen LogP contribution in [0.25, 0.3) is 33.3 Å². The summed E-state index contributed by atoms with van der Waals surface area (Å²) in [6.45, 7) is 7.10. The van der Waals surface area contributed by atoms with Crippen molar-refractivity contribution in [1.29, 1.82) is 0 Å². The minimum atomic E-state index is -3.19. The van der Waals surface area contributed by atoms with E-state index in [0.717, 1.165) is 53.8 Å². The summed E-state index contributed by atoms with van der Waals surface area (Å²) in [4.78, 5) is 29.3. The van der Waals surface area contributed by atoms with Crippen molar-refractivity contribution < 1.29 is 8.42 Å². The van der Waals surface area contributed by atoms with Gasteiger partial charge in [-0.3, -0.25) is 9.69 Å². The molecule has 2 aromatic carbocycles. The summed E-state index contributed by atoms with van der Waals surface area (Å²) in [5.74, 6) is 0.485. The highest BCUT2D eigenvalue weighted by molar-refractivity contribution is 7.88. The molecule has 2 aliphatic heterocycles. The highest BCUT2D eigenvalue weighted by Gasteiger charge is 2.26. The first-order chi connectivity index (χ1) is 19.2. The lowest BCUT2D eigenvalue weighted by Crippen LogP contribution is -2.48. The van der Waals surface area contributed by atoms with Crippen LogP contribution in [0.5, 0.6) is 0 Å². The molecule has 2 aromatic heterocycles. The van der Waals surface area contributed by atoms with Crippen LogP contribution >= 0.6 is 11.6 Å². The Bertz CT molecular complexity index is 1730. The summed E-state index contributed by atoms with van der Waals surface area (Å²) < 4.78 is 25.3. The van der Waals surface area contributed by atoms with E-state index in [2.05, 4.69) is 32.0 Å². The fourth-order valence-corrected chi connectivity index (χ4v) is 7.03. The van der Waals surface area contributed by atoms with Gasteiger partial charge < -0.3 is 20.2 Å². The van der Waals surface area contributed by atoms with Crippen molar-refractivity contribution in [2.45, 2.75) is 25.8 Å². The molecule has 0 radical (unpaired) electrons. The second-order valence-electron chi connectivity index (χ2n) is 10.6. The summed E-state index contributed by atoms with van der Waals surface area (Å²) in [5, 5.41) is 5.04. The number of H-pyrrole nitrogens is 2. The number of likely N-dealkylation sites (N-methyl/N-ethyl adjacent to an activating group) is 1. The Morgan fingerprint density at radius 2 is 1.85 bits per heavy atom. The number of likely N-dealkylation sites (tertiary alicyclic amines) is 1. The lowest BCUT2D eigenvalue weighted by Gasteiger charge is -2.34. The van der Waals surface area contributed by atoms with Crippen LogP contribution in [-0.4, -0.2) is 90.7 Å². The Balaban J connectivity index is 1.36. The van der Waals surface area contributed by atoms with E-state index < -0.39 is 10.0 Å². The smallest absolute Gasteiger partial charge is 0.261 e. The molecular weight excluding hydrogens is 550 g/mol. The number of rotatable bonds is 7. The van der Waals surface area contributed by atoms with Crippen LogP contribution in [0.2, 0.25) is 5.02 Å². The first-order valence-electron chi connectivity index (χ1n) is 13.7. The van der Waals surface area contributed by atoms with Gasteiger partial charge >= 0.3 is 0 Å². The van der Waals surface area contributed by atoms with Crippen molar-refractivity contribution in [1.82, 2.24) is 24.2 Å². The number of hydrogen-bond donors (Lipinski definition) is 3. The van der Waals surface area contributed by atoms with Crippen molar-refractivity contribution in [2.75, 3.05) is 62.3 Å². The number of anilines is 2. The minimum Gasteiger partial charge on any atom is -0.382 e. The minimum absolute atomic E-state index is 0.229. The van der Waals surface area contributed by atoms with Crippen molar-refractivity contribution in [2.24, 2.45) is 0 Å². The molecule has 12 heteroatoms. The molecule has 40 heavy (non-hydrogen) atoms. The number of sulfonamides is 1. The van der Waals surface area contributed by atoms with E-state index in [0.29, 0.717) is 54.1 Å². The molecule has 0 aliphatic carbocycles. The maximum Gasteiger partial charge on any atom is 0.261 e. The third-order valence-electron chi connectivity index (χ3n) is 8.17. The van der Waals surface area contributed by atoms with Crippen LogP contribution in [0.15, 0.2) is 41.2 Å². The van der Waals surface area contributed by atoms with E-state index in [1.165, 1.54) is 17.0 Å². The number of aromatic nitrogens is 3. The lowest BCUT2D eigenvalue weighted by molar-refractivity contribution is 0.277. The summed E-state index contributed by atoms with van der Waals surface area (Å²) >= 11 is 6.40.